The van der Waals surface area contributed by atoms with Gasteiger partial charge in [0.15, 0.2) is 5.58 Å². The zero-order valence-corrected chi connectivity index (χ0v) is 15.1. The number of fused-ring (bicyclic) bond motifs is 1. The minimum atomic E-state index is -0.807. The fourth-order valence-electron chi connectivity index (χ4n) is 2.91. The Morgan fingerprint density at radius 1 is 1.24 bits per heavy atom. The monoisotopic (exact) mass is 346 g/mol. The molecule has 0 amide bonds. The minimum Gasteiger partial charge on any atom is -0.493 e. The van der Waals surface area contributed by atoms with Gasteiger partial charge in [-0.15, -0.1) is 0 Å². The third kappa shape index (κ3) is 4.04. The number of rotatable bonds is 9. The first-order valence-electron chi connectivity index (χ1n) is 8.75. The second kappa shape index (κ2) is 8.72. The number of hydrogen-bond acceptors (Lipinski definition) is 5. The maximum Gasteiger partial charge on any atom is 0.336 e. The highest BCUT2D eigenvalue weighted by Crippen LogP contribution is 2.41. The molecular weight excluding hydrogens is 320 g/mol. The Morgan fingerprint density at radius 3 is 2.60 bits per heavy atom. The second-order valence-corrected chi connectivity index (χ2v) is 5.79. The number of benzene rings is 1. The summed E-state index contributed by atoms with van der Waals surface area (Å²) < 4.78 is 17.0. The lowest BCUT2D eigenvalue weighted by atomic mass is 9.97. The summed E-state index contributed by atoms with van der Waals surface area (Å²) in [6.45, 7) is 10.2. The largest absolute Gasteiger partial charge is 0.493 e. The molecule has 0 radical (unpaired) electrons. The van der Waals surface area contributed by atoms with Crippen LogP contribution in [-0.4, -0.2) is 18.3 Å². The van der Waals surface area contributed by atoms with Crippen molar-refractivity contribution < 1.29 is 19.0 Å². The van der Waals surface area contributed by atoms with Crippen LogP contribution in [0.2, 0.25) is 0 Å². The van der Waals surface area contributed by atoms with Gasteiger partial charge in [0.2, 0.25) is 0 Å². The van der Waals surface area contributed by atoms with Crippen LogP contribution in [0.3, 0.4) is 0 Å². The van der Waals surface area contributed by atoms with Crippen molar-refractivity contribution in [2.24, 2.45) is 0 Å². The van der Waals surface area contributed by atoms with Gasteiger partial charge in [-0.1, -0.05) is 32.9 Å². The van der Waals surface area contributed by atoms with Crippen LogP contribution in [0.1, 0.15) is 50.8 Å². The maximum absolute atomic E-state index is 12.1. The molecule has 136 valence electrons. The van der Waals surface area contributed by atoms with Crippen molar-refractivity contribution in [1.29, 1.82) is 0 Å². The molecule has 2 rings (SSSR count). The van der Waals surface area contributed by atoms with Gasteiger partial charge < -0.3 is 19.0 Å². The van der Waals surface area contributed by atoms with Crippen molar-refractivity contribution in [2.75, 3.05) is 13.2 Å². The van der Waals surface area contributed by atoms with E-state index in [4.69, 9.17) is 13.9 Å². The third-order valence-electron chi connectivity index (χ3n) is 3.96. The molecule has 25 heavy (non-hydrogen) atoms. The molecule has 0 aliphatic carbocycles. The summed E-state index contributed by atoms with van der Waals surface area (Å²) in [4.78, 5) is 12.1. The normalized spacial score (nSPS) is 12.2. The molecule has 1 aromatic carbocycles. The molecule has 0 saturated carbocycles. The molecule has 1 atom stereocenters. The average molecular weight is 346 g/mol. The van der Waals surface area contributed by atoms with E-state index in [9.17, 15) is 9.90 Å². The Hall–Kier alpha value is -2.27. The number of aliphatic hydroxyl groups excluding tert-OH is 1. The fraction of sp³-hybridized carbons (Fsp3) is 0.450. The molecule has 0 aliphatic rings. The van der Waals surface area contributed by atoms with Gasteiger partial charge in [0.25, 0.3) is 0 Å². The first-order valence-corrected chi connectivity index (χ1v) is 8.75. The lowest BCUT2D eigenvalue weighted by Gasteiger charge is -2.20. The van der Waals surface area contributed by atoms with E-state index in [0.29, 0.717) is 35.7 Å². The van der Waals surface area contributed by atoms with Crippen LogP contribution in [0.25, 0.3) is 11.0 Å². The Balaban J connectivity index is 2.89. The van der Waals surface area contributed by atoms with E-state index in [1.165, 1.54) is 6.07 Å². The number of hydrogen-bond donors (Lipinski definition) is 1. The molecule has 0 saturated heterocycles. The van der Waals surface area contributed by atoms with Gasteiger partial charge in [0.05, 0.1) is 23.7 Å². The highest BCUT2D eigenvalue weighted by molar-refractivity contribution is 5.91. The minimum absolute atomic E-state index is 0.277. The lowest BCUT2D eigenvalue weighted by molar-refractivity contribution is 0.168. The molecule has 5 heteroatoms. The Morgan fingerprint density at radius 2 is 2.00 bits per heavy atom. The summed E-state index contributed by atoms with van der Waals surface area (Å²) >= 11 is 0. The van der Waals surface area contributed by atoms with Gasteiger partial charge in [-0.05, 0) is 25.3 Å². The van der Waals surface area contributed by atoms with Gasteiger partial charge >= 0.3 is 5.63 Å². The van der Waals surface area contributed by atoms with Crippen LogP contribution in [0.4, 0.5) is 0 Å². The topological polar surface area (TPSA) is 68.9 Å². The van der Waals surface area contributed by atoms with E-state index in [1.54, 1.807) is 12.1 Å². The quantitative estimate of drug-likeness (QED) is 0.545. The number of aliphatic hydroxyl groups is 1. The molecule has 2 aromatic rings. The summed E-state index contributed by atoms with van der Waals surface area (Å²) in [6, 6.07) is 3.27. The van der Waals surface area contributed by atoms with Crippen LogP contribution < -0.4 is 15.1 Å². The molecule has 1 aromatic heterocycles. The van der Waals surface area contributed by atoms with Crippen molar-refractivity contribution in [1.82, 2.24) is 0 Å². The van der Waals surface area contributed by atoms with Crippen molar-refractivity contribution in [3.8, 4) is 11.5 Å². The summed E-state index contributed by atoms with van der Waals surface area (Å²) in [7, 11) is 0. The molecule has 1 unspecified atom stereocenters. The van der Waals surface area contributed by atoms with Crippen LogP contribution in [0.5, 0.6) is 11.5 Å². The maximum atomic E-state index is 12.1. The van der Waals surface area contributed by atoms with Crippen LogP contribution in [0.15, 0.2) is 34.0 Å². The summed E-state index contributed by atoms with van der Waals surface area (Å²) in [5.74, 6) is 1.04. The van der Waals surface area contributed by atoms with Gasteiger partial charge in [0, 0.05) is 12.1 Å². The van der Waals surface area contributed by atoms with E-state index in [0.717, 1.165) is 23.8 Å². The first kappa shape index (κ1) is 19.1. The van der Waals surface area contributed by atoms with E-state index in [-0.39, 0.29) is 6.61 Å². The highest BCUT2D eigenvalue weighted by Gasteiger charge is 2.24. The Kier molecular flexibility index (Phi) is 6.65. The zero-order valence-electron chi connectivity index (χ0n) is 15.1. The third-order valence-corrected chi connectivity index (χ3v) is 3.96. The molecule has 0 bridgehead atoms. The van der Waals surface area contributed by atoms with Crippen molar-refractivity contribution >= 4 is 11.0 Å². The van der Waals surface area contributed by atoms with E-state index in [1.807, 2.05) is 20.8 Å². The van der Waals surface area contributed by atoms with E-state index < -0.39 is 11.7 Å². The number of aryl methyl sites for hydroxylation is 1. The predicted octanol–water partition coefficient (Wildman–Crippen LogP) is 4.15. The van der Waals surface area contributed by atoms with Gasteiger partial charge in [0.1, 0.15) is 18.1 Å². The van der Waals surface area contributed by atoms with Gasteiger partial charge in [-0.2, -0.15) is 0 Å². The molecular formula is C20H26O5. The summed E-state index contributed by atoms with van der Waals surface area (Å²) in [5, 5.41) is 11.3. The smallest absolute Gasteiger partial charge is 0.336 e. The van der Waals surface area contributed by atoms with Crippen LogP contribution >= 0.6 is 0 Å². The van der Waals surface area contributed by atoms with Gasteiger partial charge in [-0.3, -0.25) is 0 Å². The van der Waals surface area contributed by atoms with E-state index in [2.05, 4.69) is 6.58 Å². The molecule has 0 fully saturated rings. The molecule has 5 nitrogen and oxygen atoms in total. The number of ether oxygens (including phenoxy) is 2. The zero-order chi connectivity index (χ0) is 18.4. The lowest BCUT2D eigenvalue weighted by Crippen LogP contribution is -2.09. The molecule has 0 aliphatic heterocycles. The predicted molar refractivity (Wildman–Crippen MR) is 98.6 cm³/mol. The highest BCUT2D eigenvalue weighted by atomic mass is 16.5. The standard InChI is InChI=1S/C20H26O5/c1-5-9-13-11-17(22)25-20-18(13)15(23-8-4)12-16(24-10-6-2)19(20)14(21)7-3/h6,11-12,14,21H,2,5,7-10H2,1,3-4H3. The SMILES string of the molecule is C=CCOc1cc(OCC)c2c(CCC)cc(=O)oc2c1C(O)CC. The van der Waals surface area contributed by atoms with Crippen LogP contribution in [-0.2, 0) is 6.42 Å². The van der Waals surface area contributed by atoms with Crippen molar-refractivity contribution in [2.45, 2.75) is 46.1 Å². The van der Waals surface area contributed by atoms with Crippen LogP contribution in [0, 0.1) is 0 Å². The van der Waals surface area contributed by atoms with E-state index >= 15 is 0 Å². The molecule has 1 heterocycles. The Labute approximate surface area is 147 Å². The average Bonchev–Trinajstić information content (AvgIpc) is 2.59. The summed E-state index contributed by atoms with van der Waals surface area (Å²) in [6.07, 6.45) is 2.88. The fourth-order valence-corrected chi connectivity index (χ4v) is 2.91. The second-order valence-electron chi connectivity index (χ2n) is 5.79. The van der Waals surface area contributed by atoms with Crippen molar-refractivity contribution in [3.05, 3.63) is 46.3 Å². The first-order chi connectivity index (χ1) is 12.1. The van der Waals surface area contributed by atoms with Crippen molar-refractivity contribution in [3.63, 3.8) is 0 Å². The summed E-state index contributed by atoms with van der Waals surface area (Å²) in [5.41, 5.74) is 1.24. The Bertz CT molecular complexity index is 791. The molecule has 0 spiro atoms. The van der Waals surface area contributed by atoms with Gasteiger partial charge in [-0.25, -0.2) is 4.79 Å². The molecule has 1 N–H and O–H groups in total.